The Morgan fingerprint density at radius 2 is 1.86 bits per heavy atom. The molecule has 3 heteroatoms. The molecule has 1 amide bonds. The fourth-order valence-electron chi connectivity index (χ4n) is 2.42. The fraction of sp³-hybridized carbons (Fsp3) is 0.818. The van der Waals surface area contributed by atoms with Gasteiger partial charge >= 0.3 is 0 Å². The van der Waals surface area contributed by atoms with Crippen LogP contribution in [0.1, 0.15) is 33.6 Å². The number of amides is 1. The number of hydrogen-bond acceptors (Lipinski definition) is 2. The van der Waals surface area contributed by atoms with Crippen molar-refractivity contribution < 1.29 is 9.59 Å². The van der Waals surface area contributed by atoms with Crippen molar-refractivity contribution in [3.8, 4) is 0 Å². The number of piperidine rings is 1. The van der Waals surface area contributed by atoms with Crippen LogP contribution in [-0.2, 0) is 9.59 Å². The molecule has 1 rings (SSSR count). The van der Waals surface area contributed by atoms with Gasteiger partial charge in [0, 0.05) is 19.5 Å². The molecule has 1 aliphatic heterocycles. The molecule has 0 aromatic rings. The third kappa shape index (κ3) is 1.35. The van der Waals surface area contributed by atoms with Gasteiger partial charge < -0.3 is 4.90 Å². The number of Topliss-reactive ketones (excluding diaryl/α,β-unsaturated/α-hetero) is 1. The van der Waals surface area contributed by atoms with Crippen LogP contribution in [-0.4, -0.2) is 30.2 Å². The van der Waals surface area contributed by atoms with Crippen molar-refractivity contribution in [2.75, 3.05) is 13.6 Å². The number of likely N-dealkylation sites (tertiary alicyclic amines) is 1. The predicted molar refractivity (Wildman–Crippen MR) is 54.8 cm³/mol. The summed E-state index contributed by atoms with van der Waals surface area (Å²) < 4.78 is 0. The first kappa shape index (κ1) is 11.2. The van der Waals surface area contributed by atoms with Crippen molar-refractivity contribution in [2.45, 2.75) is 33.6 Å². The van der Waals surface area contributed by atoms with Crippen LogP contribution in [0, 0.1) is 11.3 Å². The van der Waals surface area contributed by atoms with Gasteiger partial charge in [0.1, 0.15) is 5.41 Å². The molecule has 0 aromatic carbocycles. The molecule has 1 atom stereocenters. The second-order valence-corrected chi connectivity index (χ2v) is 4.24. The molecule has 14 heavy (non-hydrogen) atoms. The molecule has 1 aliphatic rings. The summed E-state index contributed by atoms with van der Waals surface area (Å²) in [6, 6.07) is 0. The van der Waals surface area contributed by atoms with E-state index in [2.05, 4.69) is 0 Å². The maximum Gasteiger partial charge on any atom is 0.236 e. The van der Waals surface area contributed by atoms with Gasteiger partial charge in [0.25, 0.3) is 0 Å². The van der Waals surface area contributed by atoms with Gasteiger partial charge in [-0.3, -0.25) is 9.59 Å². The van der Waals surface area contributed by atoms with Gasteiger partial charge in [-0.1, -0.05) is 20.8 Å². The largest absolute Gasteiger partial charge is 0.344 e. The molecule has 1 heterocycles. The van der Waals surface area contributed by atoms with Crippen molar-refractivity contribution in [2.24, 2.45) is 11.3 Å². The second kappa shape index (κ2) is 3.71. The van der Waals surface area contributed by atoms with Crippen LogP contribution in [0.3, 0.4) is 0 Å². The quantitative estimate of drug-likeness (QED) is 0.629. The molecule has 0 aliphatic carbocycles. The minimum atomic E-state index is -0.730. The van der Waals surface area contributed by atoms with Gasteiger partial charge in [0.2, 0.25) is 5.91 Å². The molecule has 0 spiro atoms. The summed E-state index contributed by atoms with van der Waals surface area (Å²) in [5.74, 6) is 0.119. The highest BCUT2D eigenvalue weighted by atomic mass is 16.2. The second-order valence-electron chi connectivity index (χ2n) is 4.24. The minimum Gasteiger partial charge on any atom is -0.344 e. The van der Waals surface area contributed by atoms with Crippen molar-refractivity contribution in [1.82, 2.24) is 4.90 Å². The van der Waals surface area contributed by atoms with Gasteiger partial charge in [-0.05, 0) is 12.8 Å². The lowest BCUT2D eigenvalue weighted by Crippen LogP contribution is -2.55. The number of carbonyl (C=O) groups is 2. The standard InChI is InChI=1S/C11H19NO2/c1-5-11(6-2)9(13)8(3)7-12(4)10(11)14/h8H,5-7H2,1-4H3. The Labute approximate surface area is 85.5 Å². The van der Waals surface area contributed by atoms with Gasteiger partial charge in [-0.25, -0.2) is 0 Å². The first-order chi connectivity index (χ1) is 6.49. The number of carbonyl (C=O) groups excluding carboxylic acids is 2. The highest BCUT2D eigenvalue weighted by molar-refractivity contribution is 6.08. The zero-order valence-corrected chi connectivity index (χ0v) is 9.46. The van der Waals surface area contributed by atoms with Crippen LogP contribution in [0.25, 0.3) is 0 Å². The SMILES string of the molecule is CCC1(CC)C(=O)C(C)CN(C)C1=O. The topological polar surface area (TPSA) is 37.4 Å². The highest BCUT2D eigenvalue weighted by Gasteiger charge is 2.49. The fourth-order valence-corrected chi connectivity index (χ4v) is 2.42. The molecule has 80 valence electrons. The van der Waals surface area contributed by atoms with Crippen molar-refractivity contribution >= 4 is 11.7 Å². The Hall–Kier alpha value is -0.860. The third-order valence-corrected chi connectivity index (χ3v) is 3.43. The lowest BCUT2D eigenvalue weighted by molar-refractivity contribution is -0.157. The Morgan fingerprint density at radius 3 is 2.29 bits per heavy atom. The maximum atomic E-state index is 12.0. The Kier molecular flexibility index (Phi) is 2.98. The summed E-state index contributed by atoms with van der Waals surface area (Å²) in [6.07, 6.45) is 1.24. The normalized spacial score (nSPS) is 26.9. The van der Waals surface area contributed by atoms with E-state index in [4.69, 9.17) is 0 Å². The molecule has 0 bridgehead atoms. The monoisotopic (exact) mass is 197 g/mol. The van der Waals surface area contributed by atoms with Crippen molar-refractivity contribution in [3.63, 3.8) is 0 Å². The Bertz CT molecular complexity index is 234. The Morgan fingerprint density at radius 1 is 1.36 bits per heavy atom. The molecule has 0 N–H and O–H groups in total. The summed E-state index contributed by atoms with van der Waals surface area (Å²) in [6.45, 7) is 6.32. The van der Waals surface area contributed by atoms with Crippen LogP contribution >= 0.6 is 0 Å². The number of nitrogens with zero attached hydrogens (tertiary/aromatic N) is 1. The third-order valence-electron chi connectivity index (χ3n) is 3.43. The van der Waals surface area contributed by atoms with Gasteiger partial charge in [0.05, 0.1) is 0 Å². The van der Waals surface area contributed by atoms with E-state index in [1.807, 2.05) is 20.8 Å². The summed E-state index contributed by atoms with van der Waals surface area (Å²) in [5, 5.41) is 0. The number of ketones is 1. The number of hydrogen-bond donors (Lipinski definition) is 0. The van der Waals surface area contributed by atoms with Crippen molar-refractivity contribution in [1.29, 1.82) is 0 Å². The summed E-state index contributed by atoms with van der Waals surface area (Å²) in [4.78, 5) is 25.7. The predicted octanol–water partition coefficient (Wildman–Crippen LogP) is 1.47. The van der Waals surface area contributed by atoms with E-state index in [9.17, 15) is 9.59 Å². The van der Waals surface area contributed by atoms with E-state index in [0.29, 0.717) is 19.4 Å². The van der Waals surface area contributed by atoms with E-state index in [1.54, 1.807) is 11.9 Å². The van der Waals surface area contributed by atoms with Crippen molar-refractivity contribution in [3.05, 3.63) is 0 Å². The lowest BCUT2D eigenvalue weighted by atomic mass is 9.70. The van der Waals surface area contributed by atoms with Crippen LogP contribution in [0.5, 0.6) is 0 Å². The van der Waals surface area contributed by atoms with E-state index >= 15 is 0 Å². The number of rotatable bonds is 2. The van der Waals surface area contributed by atoms with Crippen LogP contribution in [0.4, 0.5) is 0 Å². The summed E-state index contributed by atoms with van der Waals surface area (Å²) >= 11 is 0. The maximum absolute atomic E-state index is 12.0. The average molecular weight is 197 g/mol. The van der Waals surface area contributed by atoms with Gasteiger partial charge in [0.15, 0.2) is 5.78 Å². The zero-order chi connectivity index (χ0) is 10.9. The first-order valence-corrected chi connectivity index (χ1v) is 5.29. The minimum absolute atomic E-state index is 0.00519. The molecule has 1 unspecified atom stereocenters. The highest BCUT2D eigenvalue weighted by Crippen LogP contribution is 2.36. The molecular weight excluding hydrogens is 178 g/mol. The summed E-state index contributed by atoms with van der Waals surface area (Å²) in [5.41, 5.74) is -0.730. The van der Waals surface area contributed by atoms with Crippen LogP contribution in [0.15, 0.2) is 0 Å². The van der Waals surface area contributed by atoms with Gasteiger partial charge in [-0.15, -0.1) is 0 Å². The molecule has 1 saturated heterocycles. The molecule has 1 fully saturated rings. The molecular formula is C11H19NO2. The van der Waals surface area contributed by atoms with Crippen LogP contribution < -0.4 is 0 Å². The molecule has 3 nitrogen and oxygen atoms in total. The smallest absolute Gasteiger partial charge is 0.236 e. The summed E-state index contributed by atoms with van der Waals surface area (Å²) in [7, 11) is 1.78. The van der Waals surface area contributed by atoms with E-state index in [1.165, 1.54) is 0 Å². The zero-order valence-electron chi connectivity index (χ0n) is 9.46. The average Bonchev–Trinajstić information content (AvgIpc) is 2.18. The lowest BCUT2D eigenvalue weighted by Gasteiger charge is -2.40. The Balaban J connectivity index is 3.09. The van der Waals surface area contributed by atoms with E-state index < -0.39 is 5.41 Å². The first-order valence-electron chi connectivity index (χ1n) is 5.29. The van der Waals surface area contributed by atoms with E-state index in [-0.39, 0.29) is 17.6 Å². The molecule has 0 radical (unpaired) electrons. The molecule has 0 saturated carbocycles. The van der Waals surface area contributed by atoms with Crippen LogP contribution in [0.2, 0.25) is 0 Å². The van der Waals surface area contributed by atoms with Gasteiger partial charge in [-0.2, -0.15) is 0 Å². The van der Waals surface area contributed by atoms with E-state index in [0.717, 1.165) is 0 Å². The molecule has 0 aromatic heterocycles.